The first-order valence-electron chi connectivity index (χ1n) is 5.38. The summed E-state index contributed by atoms with van der Waals surface area (Å²) in [5, 5.41) is 13.1. The summed E-state index contributed by atoms with van der Waals surface area (Å²) in [6, 6.07) is 7.90. The Bertz CT molecular complexity index is 558. The van der Waals surface area contributed by atoms with Crippen LogP contribution in [0.4, 0.5) is 0 Å². The molecule has 0 aliphatic heterocycles. The molecule has 17 heavy (non-hydrogen) atoms. The van der Waals surface area contributed by atoms with E-state index in [0.717, 1.165) is 16.7 Å². The van der Waals surface area contributed by atoms with Crippen molar-refractivity contribution in [1.82, 2.24) is 9.78 Å². The van der Waals surface area contributed by atoms with Crippen LogP contribution in [0, 0.1) is 6.92 Å². The second-order valence-electron chi connectivity index (χ2n) is 4.05. The summed E-state index contributed by atoms with van der Waals surface area (Å²) in [6.07, 6.45) is 1.81. The number of rotatable bonds is 3. The maximum atomic E-state index is 10.8. The lowest BCUT2D eigenvalue weighted by Crippen LogP contribution is -2.02. The monoisotopic (exact) mass is 230 g/mol. The summed E-state index contributed by atoms with van der Waals surface area (Å²) in [5.41, 5.74) is 3.66. The zero-order valence-corrected chi connectivity index (χ0v) is 9.84. The van der Waals surface area contributed by atoms with Crippen LogP contribution in [0.15, 0.2) is 30.5 Å². The highest BCUT2D eigenvalue weighted by Gasteiger charge is 2.14. The Morgan fingerprint density at radius 3 is 2.71 bits per heavy atom. The number of aryl methyl sites for hydroxylation is 2. The van der Waals surface area contributed by atoms with Gasteiger partial charge in [0.1, 0.15) is 0 Å². The molecule has 0 unspecified atom stereocenters. The molecule has 0 atom stereocenters. The Balaban J connectivity index is 2.51. The lowest BCUT2D eigenvalue weighted by molar-refractivity contribution is -0.136. The molecule has 88 valence electrons. The number of nitrogens with zero attached hydrogens (tertiary/aromatic N) is 2. The highest BCUT2D eigenvalue weighted by atomic mass is 16.4. The topological polar surface area (TPSA) is 55.1 Å². The summed E-state index contributed by atoms with van der Waals surface area (Å²) in [6.45, 7) is 2.01. The van der Waals surface area contributed by atoms with Gasteiger partial charge in [0.15, 0.2) is 0 Å². The molecule has 4 heteroatoms. The predicted molar refractivity (Wildman–Crippen MR) is 64.7 cm³/mol. The number of aliphatic carboxylic acids is 1. The molecule has 1 aromatic carbocycles. The van der Waals surface area contributed by atoms with Crippen molar-refractivity contribution in [2.75, 3.05) is 0 Å². The molecule has 0 fully saturated rings. The number of aromatic nitrogens is 2. The highest BCUT2D eigenvalue weighted by molar-refractivity contribution is 5.76. The van der Waals surface area contributed by atoms with Crippen molar-refractivity contribution in [3.05, 3.63) is 41.7 Å². The minimum atomic E-state index is -0.862. The average Bonchev–Trinajstić information content (AvgIpc) is 2.59. The van der Waals surface area contributed by atoms with E-state index in [-0.39, 0.29) is 6.42 Å². The van der Waals surface area contributed by atoms with E-state index in [2.05, 4.69) is 5.10 Å². The van der Waals surface area contributed by atoms with Gasteiger partial charge < -0.3 is 5.11 Å². The van der Waals surface area contributed by atoms with Crippen molar-refractivity contribution in [1.29, 1.82) is 0 Å². The maximum Gasteiger partial charge on any atom is 0.309 e. The number of benzene rings is 1. The first kappa shape index (κ1) is 11.4. The number of carboxylic acids is 1. The molecular weight excluding hydrogens is 216 g/mol. The molecule has 4 nitrogen and oxygen atoms in total. The normalized spacial score (nSPS) is 10.5. The maximum absolute atomic E-state index is 10.8. The van der Waals surface area contributed by atoms with E-state index in [1.807, 2.05) is 37.4 Å². The van der Waals surface area contributed by atoms with Crippen molar-refractivity contribution in [2.24, 2.45) is 7.05 Å². The fourth-order valence-corrected chi connectivity index (χ4v) is 1.91. The first-order chi connectivity index (χ1) is 8.08. The van der Waals surface area contributed by atoms with Crippen LogP contribution < -0.4 is 0 Å². The summed E-state index contributed by atoms with van der Waals surface area (Å²) < 4.78 is 1.65. The minimum absolute atomic E-state index is 0.0511. The van der Waals surface area contributed by atoms with Crippen molar-refractivity contribution in [3.8, 4) is 11.1 Å². The van der Waals surface area contributed by atoms with Crippen molar-refractivity contribution in [2.45, 2.75) is 13.3 Å². The van der Waals surface area contributed by atoms with Gasteiger partial charge in [-0.3, -0.25) is 9.48 Å². The van der Waals surface area contributed by atoms with E-state index in [9.17, 15) is 4.79 Å². The van der Waals surface area contributed by atoms with Crippen molar-refractivity contribution < 1.29 is 9.90 Å². The smallest absolute Gasteiger partial charge is 0.309 e. The van der Waals surface area contributed by atoms with Crippen LogP contribution in [0.3, 0.4) is 0 Å². The summed E-state index contributed by atoms with van der Waals surface area (Å²) >= 11 is 0. The van der Waals surface area contributed by atoms with E-state index in [1.54, 1.807) is 11.7 Å². The van der Waals surface area contributed by atoms with E-state index < -0.39 is 5.97 Å². The predicted octanol–water partition coefficient (Wildman–Crippen LogP) is 2.02. The van der Waals surface area contributed by atoms with Crippen LogP contribution in [0.1, 0.15) is 11.3 Å². The van der Waals surface area contributed by atoms with Crippen LogP contribution >= 0.6 is 0 Å². The molecule has 0 amide bonds. The Morgan fingerprint density at radius 2 is 2.06 bits per heavy atom. The zero-order chi connectivity index (χ0) is 12.4. The molecule has 0 aliphatic carbocycles. The SMILES string of the molecule is Cc1ccccc1-c1cn(C)nc1CC(=O)O. The lowest BCUT2D eigenvalue weighted by atomic mass is 10.0. The van der Waals surface area contributed by atoms with Crippen LogP contribution in [-0.2, 0) is 18.3 Å². The molecule has 2 rings (SSSR count). The van der Waals surface area contributed by atoms with Gasteiger partial charge in [0.05, 0.1) is 12.1 Å². The number of carboxylic acid groups (broad SMARTS) is 1. The second kappa shape index (κ2) is 4.41. The lowest BCUT2D eigenvalue weighted by Gasteiger charge is -2.04. The third-order valence-corrected chi connectivity index (χ3v) is 2.66. The Morgan fingerprint density at radius 1 is 1.35 bits per heavy atom. The Kier molecular flexibility index (Phi) is 2.95. The summed E-state index contributed by atoms with van der Waals surface area (Å²) in [4.78, 5) is 10.8. The molecule has 0 spiro atoms. The van der Waals surface area contributed by atoms with Crippen molar-refractivity contribution >= 4 is 5.97 Å². The van der Waals surface area contributed by atoms with Gasteiger partial charge >= 0.3 is 5.97 Å². The molecule has 1 heterocycles. The largest absolute Gasteiger partial charge is 0.481 e. The van der Waals surface area contributed by atoms with Gasteiger partial charge in [0.25, 0.3) is 0 Å². The zero-order valence-electron chi connectivity index (χ0n) is 9.84. The highest BCUT2D eigenvalue weighted by Crippen LogP contribution is 2.26. The third kappa shape index (κ3) is 2.36. The van der Waals surface area contributed by atoms with Gasteiger partial charge in [-0.1, -0.05) is 24.3 Å². The molecular formula is C13H14N2O2. The molecule has 0 bridgehead atoms. The minimum Gasteiger partial charge on any atom is -0.481 e. The van der Waals surface area contributed by atoms with Gasteiger partial charge in [0.2, 0.25) is 0 Å². The second-order valence-corrected chi connectivity index (χ2v) is 4.05. The molecule has 0 saturated carbocycles. The number of hydrogen-bond acceptors (Lipinski definition) is 2. The molecule has 0 saturated heterocycles. The standard InChI is InChI=1S/C13H14N2O2/c1-9-5-3-4-6-10(9)11-8-15(2)14-12(11)7-13(16)17/h3-6,8H,7H2,1-2H3,(H,16,17). The fourth-order valence-electron chi connectivity index (χ4n) is 1.91. The fraction of sp³-hybridized carbons (Fsp3) is 0.231. The van der Waals surface area contributed by atoms with E-state index in [0.29, 0.717) is 5.69 Å². The van der Waals surface area contributed by atoms with Crippen LogP contribution in [0.2, 0.25) is 0 Å². The van der Waals surface area contributed by atoms with E-state index in [1.165, 1.54) is 0 Å². The summed E-state index contributed by atoms with van der Waals surface area (Å²) in [7, 11) is 1.80. The molecule has 1 aromatic heterocycles. The quantitative estimate of drug-likeness (QED) is 0.877. The molecule has 0 radical (unpaired) electrons. The van der Waals surface area contributed by atoms with Crippen LogP contribution in [-0.4, -0.2) is 20.9 Å². The van der Waals surface area contributed by atoms with E-state index >= 15 is 0 Å². The molecule has 1 N–H and O–H groups in total. The van der Waals surface area contributed by atoms with Gasteiger partial charge in [0, 0.05) is 18.8 Å². The summed E-state index contributed by atoms with van der Waals surface area (Å²) in [5.74, 6) is -0.862. The molecule has 0 aliphatic rings. The van der Waals surface area contributed by atoms with E-state index in [4.69, 9.17) is 5.11 Å². The van der Waals surface area contributed by atoms with Gasteiger partial charge in [-0.05, 0) is 18.1 Å². The van der Waals surface area contributed by atoms with Crippen LogP contribution in [0.5, 0.6) is 0 Å². The average molecular weight is 230 g/mol. The first-order valence-corrected chi connectivity index (χ1v) is 5.38. The number of hydrogen-bond donors (Lipinski definition) is 1. The van der Waals surface area contributed by atoms with Gasteiger partial charge in [-0.25, -0.2) is 0 Å². The third-order valence-electron chi connectivity index (χ3n) is 2.66. The van der Waals surface area contributed by atoms with Crippen LogP contribution in [0.25, 0.3) is 11.1 Å². The Labute approximate surface area is 99.5 Å². The molecule has 2 aromatic rings. The van der Waals surface area contributed by atoms with Gasteiger partial charge in [-0.15, -0.1) is 0 Å². The van der Waals surface area contributed by atoms with Crippen molar-refractivity contribution in [3.63, 3.8) is 0 Å². The Hall–Kier alpha value is -2.10. The van der Waals surface area contributed by atoms with Gasteiger partial charge in [-0.2, -0.15) is 5.10 Å². The number of carbonyl (C=O) groups is 1.